The lowest BCUT2D eigenvalue weighted by molar-refractivity contribution is -0.136. The molecule has 3 atom stereocenters. The predicted octanol–water partition coefficient (Wildman–Crippen LogP) is 4.00. The lowest BCUT2D eigenvalue weighted by Gasteiger charge is -2.42. The number of halogens is 2. The molecule has 0 aliphatic carbocycles. The van der Waals surface area contributed by atoms with E-state index in [4.69, 9.17) is 24.2 Å². The predicted molar refractivity (Wildman–Crippen MR) is 170 cm³/mol. The van der Waals surface area contributed by atoms with Gasteiger partial charge in [0.2, 0.25) is 0 Å². The first-order valence-corrected chi connectivity index (χ1v) is 17.0. The summed E-state index contributed by atoms with van der Waals surface area (Å²) in [5.74, 6) is 0.650. The normalized spacial score (nSPS) is 27.1. The van der Waals surface area contributed by atoms with Crippen molar-refractivity contribution in [2.24, 2.45) is 0 Å². The molecular weight excluding hydrogens is 657 g/mol. The monoisotopic (exact) mass is 695 g/mol. The fourth-order valence-electron chi connectivity index (χ4n) is 8.04. The molecule has 2 aromatic heterocycles. The van der Waals surface area contributed by atoms with E-state index in [0.717, 1.165) is 70.7 Å². The van der Waals surface area contributed by atoms with Gasteiger partial charge in [0.15, 0.2) is 5.69 Å². The summed E-state index contributed by atoms with van der Waals surface area (Å²) >= 11 is 3.66. The Morgan fingerprint density at radius 2 is 2.07 bits per heavy atom. The maximum atomic E-state index is 14.6. The molecule has 8 rings (SSSR count). The summed E-state index contributed by atoms with van der Waals surface area (Å²) in [5.41, 5.74) is 4.42. The van der Waals surface area contributed by atoms with Gasteiger partial charge in [0.25, 0.3) is 5.91 Å². The van der Waals surface area contributed by atoms with Crippen LogP contribution in [0.2, 0.25) is 0 Å². The summed E-state index contributed by atoms with van der Waals surface area (Å²) in [6, 6.07) is 8.43. The number of aromatic nitrogens is 4. The molecule has 11 nitrogen and oxygen atoms in total. The number of alkyl halides is 1. The van der Waals surface area contributed by atoms with E-state index < -0.39 is 11.8 Å². The largest absolute Gasteiger partial charge is 0.461 e. The number of hydrogen-bond donors (Lipinski definition) is 0. The molecule has 2 saturated heterocycles. The van der Waals surface area contributed by atoms with E-state index in [1.807, 2.05) is 16.8 Å². The zero-order chi connectivity index (χ0) is 31.6. The summed E-state index contributed by atoms with van der Waals surface area (Å²) in [6.07, 6.45) is 2.94. The van der Waals surface area contributed by atoms with Crippen molar-refractivity contribution in [3.8, 4) is 6.01 Å². The summed E-state index contributed by atoms with van der Waals surface area (Å²) in [6.45, 7) is 4.98. The van der Waals surface area contributed by atoms with Crippen molar-refractivity contribution >= 4 is 27.7 Å². The van der Waals surface area contributed by atoms with E-state index in [1.165, 1.54) is 0 Å². The molecule has 1 spiro atoms. The lowest BCUT2D eigenvalue weighted by atomic mass is 9.82. The second-order valence-corrected chi connectivity index (χ2v) is 14.5. The molecule has 7 heterocycles. The van der Waals surface area contributed by atoms with Gasteiger partial charge in [-0.05, 0) is 55.1 Å². The molecule has 5 aliphatic heterocycles. The zero-order valence-corrected chi connectivity index (χ0v) is 27.9. The van der Waals surface area contributed by atoms with E-state index in [0.29, 0.717) is 70.6 Å². The van der Waals surface area contributed by atoms with Crippen LogP contribution < -0.4 is 9.64 Å². The van der Waals surface area contributed by atoms with Gasteiger partial charge >= 0.3 is 6.01 Å². The molecule has 1 aromatic carbocycles. The quantitative estimate of drug-likeness (QED) is 0.392. The van der Waals surface area contributed by atoms with Gasteiger partial charge in [-0.3, -0.25) is 14.4 Å². The van der Waals surface area contributed by atoms with Crippen LogP contribution in [0, 0.1) is 0 Å². The van der Waals surface area contributed by atoms with Crippen LogP contribution in [0.1, 0.15) is 64.2 Å². The third-order valence-electron chi connectivity index (χ3n) is 10.3. The molecule has 1 unspecified atom stereocenters. The average molecular weight is 697 g/mol. The molecule has 0 bridgehead atoms. The number of hydrogen-bond acceptors (Lipinski definition) is 9. The molecule has 0 saturated carbocycles. The van der Waals surface area contributed by atoms with Crippen molar-refractivity contribution in [3.63, 3.8) is 0 Å². The Morgan fingerprint density at radius 1 is 1.17 bits per heavy atom. The van der Waals surface area contributed by atoms with Gasteiger partial charge in [0, 0.05) is 56.6 Å². The van der Waals surface area contributed by atoms with E-state index in [1.54, 1.807) is 19.0 Å². The van der Waals surface area contributed by atoms with Crippen LogP contribution in [-0.2, 0) is 47.8 Å². The van der Waals surface area contributed by atoms with Crippen LogP contribution in [0.15, 0.2) is 28.7 Å². The van der Waals surface area contributed by atoms with Gasteiger partial charge in [-0.1, -0.05) is 22.0 Å². The molecule has 0 radical (unpaired) electrons. The fraction of sp³-hybridized carbons (Fsp3) is 0.576. The van der Waals surface area contributed by atoms with E-state index in [2.05, 4.69) is 43.0 Å². The minimum absolute atomic E-state index is 0.120. The Bertz CT molecular complexity index is 1690. The fourth-order valence-corrected chi connectivity index (χ4v) is 8.40. The number of fused-ring (bicyclic) bond motifs is 5. The van der Waals surface area contributed by atoms with Crippen molar-refractivity contribution in [2.75, 3.05) is 51.8 Å². The first-order valence-electron chi connectivity index (χ1n) is 16.2. The maximum Gasteiger partial charge on any atom is 0.318 e. The highest BCUT2D eigenvalue weighted by atomic mass is 79.9. The Balaban J connectivity index is 1.16. The van der Waals surface area contributed by atoms with Gasteiger partial charge < -0.3 is 24.0 Å². The molecular formula is C33H39BrFN7O4. The van der Waals surface area contributed by atoms with E-state index in [9.17, 15) is 9.18 Å². The van der Waals surface area contributed by atoms with Crippen LogP contribution in [0.4, 0.5) is 10.2 Å². The van der Waals surface area contributed by atoms with Crippen molar-refractivity contribution < 1.29 is 23.4 Å². The number of amides is 1. The third-order valence-corrected chi connectivity index (χ3v) is 10.8. The van der Waals surface area contributed by atoms with E-state index >= 15 is 0 Å². The van der Waals surface area contributed by atoms with Gasteiger partial charge in [0.1, 0.15) is 24.2 Å². The molecule has 46 heavy (non-hydrogen) atoms. The minimum Gasteiger partial charge on any atom is -0.461 e. The van der Waals surface area contributed by atoms with Gasteiger partial charge in [-0.25, -0.2) is 4.39 Å². The molecule has 2 fully saturated rings. The number of ether oxygens (including phenoxy) is 3. The zero-order valence-electron chi connectivity index (χ0n) is 26.3. The topological polar surface area (TPSA) is 98.1 Å². The van der Waals surface area contributed by atoms with Crippen LogP contribution in [0.25, 0.3) is 0 Å². The highest BCUT2D eigenvalue weighted by Gasteiger charge is 2.50. The number of carbonyl (C=O) groups is 1. The molecule has 5 aliphatic rings. The maximum absolute atomic E-state index is 14.6. The highest BCUT2D eigenvalue weighted by Crippen LogP contribution is 2.45. The summed E-state index contributed by atoms with van der Waals surface area (Å²) in [4.78, 5) is 28.8. The van der Waals surface area contributed by atoms with E-state index in [-0.39, 0.29) is 11.4 Å². The van der Waals surface area contributed by atoms with Crippen molar-refractivity contribution in [2.45, 2.75) is 75.7 Å². The van der Waals surface area contributed by atoms with Crippen LogP contribution in [-0.4, -0.2) is 94.1 Å². The number of rotatable bonds is 5. The second-order valence-electron chi connectivity index (χ2n) is 13.6. The Morgan fingerprint density at radius 3 is 2.93 bits per heavy atom. The average Bonchev–Trinajstić information content (AvgIpc) is 3.66. The number of carbonyl (C=O) groups excluding carboxylic acids is 1. The Hall–Kier alpha value is -3.13. The lowest BCUT2D eigenvalue weighted by Crippen LogP contribution is -2.45. The molecule has 244 valence electrons. The SMILES string of the molecule is CN(C)C(=O)c1cc2n(n1)CCCN(c1nc(OC[C@@]34CCCN3C[C@H](F)C4)nc3c1COC1(COCc4ccc(Br)cc41)C3)C2. The first kappa shape index (κ1) is 30.2. The Labute approximate surface area is 276 Å². The Kier molecular flexibility index (Phi) is 7.58. The standard InChI is InChI=1S/C33H39BrFN7O4/c1-39(2)30(43)27-12-24-16-40(8-4-10-42(24)38-27)29-25-18-46-33(20-44-17-21-5-6-22(34)11-26(21)33)14-28(25)36-31(37-29)45-19-32-7-3-9-41(32)15-23(35)13-32/h5-6,11-12,23H,3-4,7-10,13-20H2,1-2H3/t23-,32+,33?/m1/s1. The minimum atomic E-state index is -0.835. The molecule has 13 heteroatoms. The second kappa shape index (κ2) is 11.5. The molecule has 0 N–H and O–H groups in total. The van der Waals surface area contributed by atoms with Crippen molar-refractivity contribution in [3.05, 3.63) is 62.5 Å². The van der Waals surface area contributed by atoms with Crippen LogP contribution in [0.5, 0.6) is 6.01 Å². The number of nitrogens with zero attached hydrogens (tertiary/aromatic N) is 7. The van der Waals surface area contributed by atoms with Crippen molar-refractivity contribution in [1.82, 2.24) is 29.5 Å². The third kappa shape index (κ3) is 5.19. The van der Waals surface area contributed by atoms with Crippen molar-refractivity contribution in [1.29, 1.82) is 0 Å². The number of aryl methyl sites for hydroxylation is 1. The molecule has 3 aromatic rings. The van der Waals surface area contributed by atoms with Gasteiger partial charge in [-0.2, -0.15) is 15.1 Å². The molecule has 1 amide bonds. The number of benzene rings is 1. The summed E-state index contributed by atoms with van der Waals surface area (Å²) in [5, 5.41) is 4.62. The highest BCUT2D eigenvalue weighted by molar-refractivity contribution is 9.10. The first-order chi connectivity index (χ1) is 22.2. The smallest absolute Gasteiger partial charge is 0.318 e. The summed E-state index contributed by atoms with van der Waals surface area (Å²) in [7, 11) is 3.47. The van der Waals surface area contributed by atoms with Gasteiger partial charge in [0.05, 0.1) is 43.3 Å². The van der Waals surface area contributed by atoms with Crippen LogP contribution >= 0.6 is 15.9 Å². The summed E-state index contributed by atoms with van der Waals surface area (Å²) < 4.78 is 36.8. The number of anilines is 1. The van der Waals surface area contributed by atoms with Gasteiger partial charge in [-0.15, -0.1) is 0 Å². The van der Waals surface area contributed by atoms with Crippen LogP contribution in [0.3, 0.4) is 0 Å².